The van der Waals surface area contributed by atoms with E-state index in [9.17, 15) is 4.79 Å². The Morgan fingerprint density at radius 2 is 2.18 bits per heavy atom. The highest BCUT2D eigenvalue weighted by Crippen LogP contribution is 2.24. The number of esters is 1. The zero-order valence-corrected chi connectivity index (χ0v) is 17.3. The van der Waals surface area contributed by atoms with Crippen molar-refractivity contribution in [1.29, 1.82) is 0 Å². The number of nitrogens with one attached hydrogen (secondary N) is 2. The number of aryl methyl sites for hydroxylation is 1. The molecular weight excluding hydrogens is 358 g/mol. The first-order valence-electron chi connectivity index (χ1n) is 10.0. The van der Waals surface area contributed by atoms with E-state index in [2.05, 4.69) is 45.5 Å². The number of benzene rings is 1. The molecule has 0 saturated carbocycles. The third-order valence-corrected chi connectivity index (χ3v) is 4.48. The Hall–Kier alpha value is -2.28. The number of methoxy groups -OCH3 is 1. The molecule has 156 valence electrons. The highest BCUT2D eigenvalue weighted by molar-refractivity contribution is 5.79. The van der Waals surface area contributed by atoms with E-state index in [1.165, 1.54) is 7.11 Å². The molecule has 1 aliphatic rings. The van der Waals surface area contributed by atoms with Crippen molar-refractivity contribution < 1.29 is 19.0 Å². The molecule has 1 aromatic rings. The molecule has 1 atom stereocenters. The van der Waals surface area contributed by atoms with Gasteiger partial charge in [0.15, 0.2) is 5.96 Å². The molecule has 1 aromatic carbocycles. The second-order valence-electron chi connectivity index (χ2n) is 6.87. The predicted molar refractivity (Wildman–Crippen MR) is 110 cm³/mol. The molecule has 0 radical (unpaired) electrons. The summed E-state index contributed by atoms with van der Waals surface area (Å²) in [4.78, 5) is 15.8. The monoisotopic (exact) mass is 391 g/mol. The maximum atomic E-state index is 11.2. The van der Waals surface area contributed by atoms with Crippen LogP contribution in [0, 0.1) is 6.92 Å². The van der Waals surface area contributed by atoms with Gasteiger partial charge in [-0.25, -0.2) is 4.99 Å². The third-order valence-electron chi connectivity index (χ3n) is 4.48. The number of carbonyl (C=O) groups is 1. The lowest BCUT2D eigenvalue weighted by Crippen LogP contribution is -2.37. The van der Waals surface area contributed by atoms with Crippen LogP contribution in [0.15, 0.2) is 23.2 Å². The van der Waals surface area contributed by atoms with Gasteiger partial charge in [-0.1, -0.05) is 12.1 Å². The normalized spacial score (nSPS) is 16.7. The van der Waals surface area contributed by atoms with Gasteiger partial charge in [0.25, 0.3) is 0 Å². The second kappa shape index (κ2) is 12.2. The van der Waals surface area contributed by atoms with Gasteiger partial charge in [0.2, 0.25) is 0 Å². The van der Waals surface area contributed by atoms with Gasteiger partial charge in [-0.2, -0.15) is 0 Å². The highest BCUT2D eigenvalue weighted by Gasteiger charge is 2.18. The van der Waals surface area contributed by atoms with Crippen molar-refractivity contribution in [3.05, 3.63) is 29.3 Å². The topological polar surface area (TPSA) is 81.2 Å². The molecule has 0 bridgehead atoms. The van der Waals surface area contributed by atoms with Crippen molar-refractivity contribution in [2.75, 3.05) is 33.4 Å². The number of ether oxygens (including phenoxy) is 3. The Morgan fingerprint density at radius 1 is 1.32 bits per heavy atom. The molecule has 1 unspecified atom stereocenters. The summed E-state index contributed by atoms with van der Waals surface area (Å²) in [6.07, 6.45) is 3.15. The van der Waals surface area contributed by atoms with Crippen LogP contribution in [0.1, 0.15) is 43.7 Å². The van der Waals surface area contributed by atoms with Gasteiger partial charge >= 0.3 is 5.97 Å². The minimum atomic E-state index is -0.167. The fourth-order valence-electron chi connectivity index (χ4n) is 2.90. The van der Waals surface area contributed by atoms with Crippen molar-refractivity contribution in [2.45, 2.75) is 52.2 Å². The van der Waals surface area contributed by atoms with Gasteiger partial charge in [-0.05, 0) is 38.3 Å². The molecule has 2 N–H and O–H groups in total. The zero-order chi connectivity index (χ0) is 20.2. The first-order chi connectivity index (χ1) is 13.6. The Balaban J connectivity index is 1.90. The van der Waals surface area contributed by atoms with Crippen LogP contribution in [0.2, 0.25) is 0 Å². The summed E-state index contributed by atoms with van der Waals surface area (Å²) in [5.74, 6) is 1.48. The molecule has 1 aliphatic heterocycles. The lowest BCUT2D eigenvalue weighted by Gasteiger charge is -2.16. The van der Waals surface area contributed by atoms with E-state index in [0.29, 0.717) is 19.6 Å². The van der Waals surface area contributed by atoms with Crippen LogP contribution in [0.25, 0.3) is 0 Å². The van der Waals surface area contributed by atoms with E-state index in [1.807, 2.05) is 6.92 Å². The average molecular weight is 392 g/mol. The van der Waals surface area contributed by atoms with Crippen LogP contribution in [-0.2, 0) is 20.8 Å². The van der Waals surface area contributed by atoms with E-state index in [-0.39, 0.29) is 12.1 Å². The number of aliphatic imine (C=N–C) groups is 1. The maximum absolute atomic E-state index is 11.2. The van der Waals surface area contributed by atoms with Gasteiger partial charge in [0, 0.05) is 31.5 Å². The zero-order valence-electron chi connectivity index (χ0n) is 17.3. The van der Waals surface area contributed by atoms with Gasteiger partial charge < -0.3 is 24.8 Å². The summed E-state index contributed by atoms with van der Waals surface area (Å²) in [6, 6.07) is 6.22. The molecule has 1 heterocycles. The molecule has 1 saturated heterocycles. The Labute approximate surface area is 167 Å². The highest BCUT2D eigenvalue weighted by atomic mass is 16.5. The first kappa shape index (κ1) is 22.0. The Bertz CT molecular complexity index is 643. The van der Waals surface area contributed by atoms with E-state index in [4.69, 9.17) is 9.47 Å². The number of unbranched alkanes of at least 4 members (excludes halogenated alkanes) is 1. The summed E-state index contributed by atoms with van der Waals surface area (Å²) >= 11 is 0. The third kappa shape index (κ3) is 7.76. The largest absolute Gasteiger partial charge is 0.488 e. The van der Waals surface area contributed by atoms with E-state index in [1.54, 1.807) is 0 Å². The fraction of sp³-hybridized carbons (Fsp3) is 0.619. The number of rotatable bonds is 10. The van der Waals surface area contributed by atoms with Crippen molar-refractivity contribution in [2.24, 2.45) is 4.99 Å². The van der Waals surface area contributed by atoms with Crippen LogP contribution in [0.3, 0.4) is 0 Å². The van der Waals surface area contributed by atoms with Crippen LogP contribution in [0.5, 0.6) is 5.75 Å². The molecule has 0 aromatic heterocycles. The SMILES string of the molecule is CCNC(=NCc1ccc(C)cc1OC1CCOC1)NCCCCC(=O)OC. The molecule has 7 nitrogen and oxygen atoms in total. The van der Waals surface area contributed by atoms with Crippen molar-refractivity contribution in [1.82, 2.24) is 10.6 Å². The number of hydrogen-bond acceptors (Lipinski definition) is 5. The minimum absolute atomic E-state index is 0.116. The predicted octanol–water partition coefficient (Wildman–Crippen LogP) is 2.56. The number of nitrogens with zero attached hydrogens (tertiary/aromatic N) is 1. The summed E-state index contributed by atoms with van der Waals surface area (Å²) in [7, 11) is 1.42. The molecule has 0 aliphatic carbocycles. The Morgan fingerprint density at radius 3 is 2.89 bits per heavy atom. The summed E-state index contributed by atoms with van der Waals surface area (Å²) in [5, 5.41) is 6.57. The molecule has 28 heavy (non-hydrogen) atoms. The smallest absolute Gasteiger partial charge is 0.305 e. The van der Waals surface area contributed by atoms with Gasteiger partial charge in [0.1, 0.15) is 11.9 Å². The van der Waals surface area contributed by atoms with E-state index in [0.717, 1.165) is 61.8 Å². The lowest BCUT2D eigenvalue weighted by molar-refractivity contribution is -0.140. The minimum Gasteiger partial charge on any atom is -0.488 e. The molecule has 7 heteroatoms. The summed E-state index contributed by atoms with van der Waals surface area (Å²) < 4.78 is 16.2. The lowest BCUT2D eigenvalue weighted by atomic mass is 10.1. The van der Waals surface area contributed by atoms with Crippen LogP contribution >= 0.6 is 0 Å². The molecule has 0 amide bonds. The molecule has 0 spiro atoms. The number of carbonyl (C=O) groups excluding carboxylic acids is 1. The van der Waals surface area contributed by atoms with Crippen molar-refractivity contribution >= 4 is 11.9 Å². The molecule has 1 fully saturated rings. The maximum Gasteiger partial charge on any atom is 0.305 e. The molecular formula is C21H33N3O4. The van der Waals surface area contributed by atoms with Crippen LogP contribution in [0.4, 0.5) is 0 Å². The van der Waals surface area contributed by atoms with Gasteiger partial charge in [-0.15, -0.1) is 0 Å². The van der Waals surface area contributed by atoms with Gasteiger partial charge in [0.05, 0.1) is 26.9 Å². The first-order valence-corrected chi connectivity index (χ1v) is 10.0. The quantitative estimate of drug-likeness (QED) is 0.276. The number of hydrogen-bond donors (Lipinski definition) is 2. The molecule has 2 rings (SSSR count). The van der Waals surface area contributed by atoms with Crippen molar-refractivity contribution in [3.8, 4) is 5.75 Å². The fourth-order valence-corrected chi connectivity index (χ4v) is 2.90. The van der Waals surface area contributed by atoms with E-state index >= 15 is 0 Å². The summed E-state index contributed by atoms with van der Waals surface area (Å²) in [6.45, 7) is 7.56. The summed E-state index contributed by atoms with van der Waals surface area (Å²) in [5.41, 5.74) is 2.22. The van der Waals surface area contributed by atoms with Crippen molar-refractivity contribution in [3.63, 3.8) is 0 Å². The van der Waals surface area contributed by atoms with Crippen LogP contribution in [-0.4, -0.2) is 51.4 Å². The van der Waals surface area contributed by atoms with Gasteiger partial charge in [-0.3, -0.25) is 4.79 Å². The van der Waals surface area contributed by atoms with E-state index < -0.39 is 0 Å². The average Bonchev–Trinajstić information content (AvgIpc) is 3.19. The standard InChI is InChI=1S/C21H33N3O4/c1-4-22-21(23-11-6-5-7-20(25)26-3)24-14-17-9-8-16(2)13-19(17)28-18-10-12-27-15-18/h8-9,13,18H,4-7,10-12,14-15H2,1-3H3,(H2,22,23,24). The van der Waals surface area contributed by atoms with Crippen LogP contribution < -0.4 is 15.4 Å². The second-order valence-corrected chi connectivity index (χ2v) is 6.87. The Kier molecular flexibility index (Phi) is 9.62. The number of guanidine groups is 1.